The molecular weight excluding hydrogens is 211 g/mol. The number of aliphatic hydroxyl groups excluding tert-OH is 1. The molecule has 1 atom stereocenters. The molecule has 0 radical (unpaired) electrons. The van der Waals surface area contributed by atoms with E-state index >= 15 is 0 Å². The second kappa shape index (κ2) is 5.58. The summed E-state index contributed by atoms with van der Waals surface area (Å²) < 4.78 is 13.0. The van der Waals surface area contributed by atoms with Crippen molar-refractivity contribution in [3.63, 3.8) is 0 Å². The Labute approximate surface area is 93.3 Å². The first-order chi connectivity index (χ1) is 7.54. The quantitative estimate of drug-likeness (QED) is 0.721. The smallest absolute Gasteiger partial charge is 0.221 e. The summed E-state index contributed by atoms with van der Waals surface area (Å²) >= 11 is 0. The zero-order chi connectivity index (χ0) is 12.1. The van der Waals surface area contributed by atoms with Crippen LogP contribution in [-0.4, -0.2) is 17.6 Å². The number of nitrogens with one attached hydrogen (secondary N) is 1. The summed E-state index contributed by atoms with van der Waals surface area (Å²) in [4.78, 5) is 10.9. The highest BCUT2D eigenvalue weighted by Crippen LogP contribution is 2.25. The Balaban J connectivity index is 3.02. The molecule has 0 saturated carbocycles. The van der Waals surface area contributed by atoms with E-state index in [1.165, 1.54) is 25.1 Å². The van der Waals surface area contributed by atoms with Gasteiger partial charge in [0, 0.05) is 18.2 Å². The minimum Gasteiger partial charge on any atom is -0.388 e. The summed E-state index contributed by atoms with van der Waals surface area (Å²) in [7, 11) is 0. The first kappa shape index (κ1) is 12.6. The van der Waals surface area contributed by atoms with Crippen molar-refractivity contribution >= 4 is 11.6 Å². The molecule has 0 aliphatic rings. The first-order valence-electron chi connectivity index (χ1n) is 4.99. The molecule has 0 bridgehead atoms. The van der Waals surface area contributed by atoms with E-state index < -0.39 is 11.9 Å². The number of nitrogens with two attached hydrogens (primary N) is 1. The van der Waals surface area contributed by atoms with Gasteiger partial charge in [-0.15, -0.1) is 0 Å². The van der Waals surface area contributed by atoms with Crippen LogP contribution in [0.3, 0.4) is 0 Å². The number of anilines is 1. The predicted molar refractivity (Wildman–Crippen MR) is 59.3 cm³/mol. The minimum absolute atomic E-state index is 0.271. The molecule has 1 aromatic carbocycles. The molecule has 5 heteroatoms. The second-order valence-electron chi connectivity index (χ2n) is 3.51. The van der Waals surface area contributed by atoms with Gasteiger partial charge in [-0.25, -0.2) is 4.39 Å². The van der Waals surface area contributed by atoms with Crippen LogP contribution in [0.1, 0.15) is 25.0 Å². The molecule has 1 amide bonds. The number of benzene rings is 1. The van der Waals surface area contributed by atoms with E-state index in [-0.39, 0.29) is 12.5 Å². The zero-order valence-electron chi connectivity index (χ0n) is 9.03. The third kappa shape index (κ3) is 3.29. The number of aliphatic hydroxyl groups is 1. The number of carbonyl (C=O) groups excluding carboxylic acids is 1. The molecule has 1 aromatic rings. The molecule has 0 spiro atoms. The largest absolute Gasteiger partial charge is 0.388 e. The van der Waals surface area contributed by atoms with Crippen molar-refractivity contribution in [2.75, 3.05) is 11.9 Å². The second-order valence-corrected chi connectivity index (χ2v) is 3.51. The number of amides is 1. The van der Waals surface area contributed by atoms with Gasteiger partial charge in [0.25, 0.3) is 0 Å². The summed E-state index contributed by atoms with van der Waals surface area (Å²) in [5.41, 5.74) is 6.07. The Bertz CT molecular complexity index is 382. The molecule has 1 rings (SSSR count). The van der Waals surface area contributed by atoms with Crippen molar-refractivity contribution in [2.24, 2.45) is 5.73 Å². The lowest BCUT2D eigenvalue weighted by Crippen LogP contribution is -2.12. The van der Waals surface area contributed by atoms with Crippen LogP contribution in [0.25, 0.3) is 0 Å². The lowest BCUT2D eigenvalue weighted by molar-refractivity contribution is -0.114. The van der Waals surface area contributed by atoms with Crippen molar-refractivity contribution in [2.45, 2.75) is 19.4 Å². The molecule has 4 N–H and O–H groups in total. The standard InChI is InChI=1S/C11H15FN2O2/c1-7(15)14-10-3-2-8(12)6-9(10)11(16)4-5-13/h2-3,6,11,16H,4-5,13H2,1H3,(H,14,15). The van der Waals surface area contributed by atoms with Crippen LogP contribution < -0.4 is 11.1 Å². The van der Waals surface area contributed by atoms with E-state index in [0.717, 1.165) is 0 Å². The Hall–Kier alpha value is -1.46. The molecule has 4 nitrogen and oxygen atoms in total. The third-order valence-corrected chi connectivity index (χ3v) is 2.12. The molecule has 0 aliphatic heterocycles. The Kier molecular flexibility index (Phi) is 4.39. The molecular formula is C11H15FN2O2. The maximum Gasteiger partial charge on any atom is 0.221 e. The normalized spacial score (nSPS) is 12.2. The van der Waals surface area contributed by atoms with Gasteiger partial charge in [0.2, 0.25) is 5.91 Å². The molecule has 0 fully saturated rings. The fourth-order valence-corrected chi connectivity index (χ4v) is 1.43. The van der Waals surface area contributed by atoms with Gasteiger partial charge in [-0.1, -0.05) is 0 Å². The van der Waals surface area contributed by atoms with Gasteiger partial charge in [-0.05, 0) is 31.2 Å². The number of rotatable bonds is 4. The van der Waals surface area contributed by atoms with Crippen molar-refractivity contribution in [3.05, 3.63) is 29.6 Å². The summed E-state index contributed by atoms with van der Waals surface area (Å²) in [6.45, 7) is 1.64. The molecule has 0 aliphatic carbocycles. The summed E-state index contributed by atoms with van der Waals surface area (Å²) in [6.07, 6.45) is -0.557. The van der Waals surface area contributed by atoms with E-state index in [1.54, 1.807) is 0 Å². The third-order valence-electron chi connectivity index (χ3n) is 2.12. The van der Waals surface area contributed by atoms with E-state index in [2.05, 4.69) is 5.32 Å². The average molecular weight is 226 g/mol. The van der Waals surface area contributed by atoms with E-state index in [4.69, 9.17) is 5.73 Å². The highest BCUT2D eigenvalue weighted by atomic mass is 19.1. The Morgan fingerprint density at radius 2 is 2.31 bits per heavy atom. The van der Waals surface area contributed by atoms with Gasteiger partial charge in [0.15, 0.2) is 0 Å². The van der Waals surface area contributed by atoms with Gasteiger partial charge in [0.05, 0.1) is 6.10 Å². The minimum atomic E-state index is -0.873. The van der Waals surface area contributed by atoms with Gasteiger partial charge in [0.1, 0.15) is 5.82 Å². The van der Waals surface area contributed by atoms with Crippen LogP contribution in [-0.2, 0) is 4.79 Å². The topological polar surface area (TPSA) is 75.3 Å². The SMILES string of the molecule is CC(=O)Nc1ccc(F)cc1C(O)CCN. The number of hydrogen-bond donors (Lipinski definition) is 3. The van der Waals surface area contributed by atoms with Gasteiger partial charge >= 0.3 is 0 Å². The van der Waals surface area contributed by atoms with Crippen LogP contribution in [0, 0.1) is 5.82 Å². The van der Waals surface area contributed by atoms with Crippen LogP contribution >= 0.6 is 0 Å². The monoisotopic (exact) mass is 226 g/mol. The number of halogens is 1. The summed E-state index contributed by atoms with van der Waals surface area (Å²) in [5, 5.41) is 12.3. The Morgan fingerprint density at radius 1 is 1.62 bits per heavy atom. The van der Waals surface area contributed by atoms with Crippen molar-refractivity contribution in [1.29, 1.82) is 0 Å². The van der Waals surface area contributed by atoms with Crippen molar-refractivity contribution < 1.29 is 14.3 Å². The van der Waals surface area contributed by atoms with E-state index in [9.17, 15) is 14.3 Å². The molecule has 0 saturated heterocycles. The highest BCUT2D eigenvalue weighted by molar-refractivity contribution is 5.89. The fourth-order valence-electron chi connectivity index (χ4n) is 1.43. The van der Waals surface area contributed by atoms with E-state index in [0.29, 0.717) is 17.7 Å². The predicted octanol–water partition coefficient (Wildman–Crippen LogP) is 1.17. The number of hydrogen-bond acceptors (Lipinski definition) is 3. The van der Waals surface area contributed by atoms with Crippen molar-refractivity contribution in [1.82, 2.24) is 0 Å². The van der Waals surface area contributed by atoms with Crippen LogP contribution in [0.2, 0.25) is 0 Å². The van der Waals surface area contributed by atoms with E-state index in [1.807, 2.05) is 0 Å². The lowest BCUT2D eigenvalue weighted by Gasteiger charge is -2.15. The average Bonchev–Trinajstić information content (AvgIpc) is 2.20. The first-order valence-corrected chi connectivity index (χ1v) is 4.99. The highest BCUT2D eigenvalue weighted by Gasteiger charge is 2.13. The maximum absolute atomic E-state index is 13.0. The van der Waals surface area contributed by atoms with Crippen LogP contribution in [0.15, 0.2) is 18.2 Å². The lowest BCUT2D eigenvalue weighted by atomic mass is 10.0. The molecule has 0 heterocycles. The molecule has 16 heavy (non-hydrogen) atoms. The van der Waals surface area contributed by atoms with Crippen LogP contribution in [0.4, 0.5) is 10.1 Å². The molecule has 88 valence electrons. The fraction of sp³-hybridized carbons (Fsp3) is 0.364. The summed E-state index contributed by atoms with van der Waals surface area (Å²) in [6, 6.07) is 3.85. The van der Waals surface area contributed by atoms with Crippen molar-refractivity contribution in [3.8, 4) is 0 Å². The molecule has 1 unspecified atom stereocenters. The van der Waals surface area contributed by atoms with Gasteiger partial charge < -0.3 is 16.2 Å². The Morgan fingerprint density at radius 3 is 2.88 bits per heavy atom. The van der Waals surface area contributed by atoms with Crippen LogP contribution in [0.5, 0.6) is 0 Å². The number of carbonyl (C=O) groups is 1. The zero-order valence-corrected chi connectivity index (χ0v) is 9.03. The van der Waals surface area contributed by atoms with Gasteiger partial charge in [-0.3, -0.25) is 4.79 Å². The summed E-state index contributed by atoms with van der Waals surface area (Å²) in [5.74, 6) is -0.729. The maximum atomic E-state index is 13.0. The molecule has 0 aromatic heterocycles. The van der Waals surface area contributed by atoms with Gasteiger partial charge in [-0.2, -0.15) is 0 Å².